The summed E-state index contributed by atoms with van der Waals surface area (Å²) in [5, 5.41) is 0.639. The van der Waals surface area contributed by atoms with Crippen LogP contribution in [0.25, 0.3) is 20.7 Å². The Kier molecular flexibility index (Phi) is 4.59. The van der Waals surface area contributed by atoms with Gasteiger partial charge >= 0.3 is 0 Å². The molecule has 134 valence electrons. The van der Waals surface area contributed by atoms with Crippen LogP contribution >= 0.6 is 22.9 Å². The molecule has 0 saturated carbocycles. The van der Waals surface area contributed by atoms with Gasteiger partial charge in [0.1, 0.15) is 10.5 Å². The highest BCUT2D eigenvalue weighted by Crippen LogP contribution is 2.31. The molecule has 0 unspecified atom stereocenters. The highest BCUT2D eigenvalue weighted by molar-refractivity contribution is 7.22. The lowest BCUT2D eigenvalue weighted by Gasteiger charge is -2.04. The molecule has 4 aromatic rings. The molecule has 2 heterocycles. The third-order valence-electron chi connectivity index (χ3n) is 4.11. The van der Waals surface area contributed by atoms with Crippen molar-refractivity contribution in [3.05, 3.63) is 87.7 Å². The van der Waals surface area contributed by atoms with E-state index in [-0.39, 0.29) is 17.9 Å². The Labute approximate surface area is 162 Å². The number of fused-ring (bicyclic) bond motifs is 1. The smallest absolute Gasteiger partial charge is 0.271 e. The Morgan fingerprint density at radius 2 is 1.81 bits per heavy atom. The highest BCUT2D eigenvalue weighted by atomic mass is 35.5. The summed E-state index contributed by atoms with van der Waals surface area (Å²) in [5.74, 6) is -0.701. The fraction of sp³-hybridized carbons (Fsp3) is 0.0500. The number of hydrogen-bond acceptors (Lipinski definition) is 4. The Hall–Kier alpha value is -2.83. The number of thiophene rings is 1. The van der Waals surface area contributed by atoms with Crippen molar-refractivity contribution in [1.29, 1.82) is 0 Å². The van der Waals surface area contributed by atoms with E-state index < -0.39 is 5.82 Å². The first-order chi connectivity index (χ1) is 13.0. The van der Waals surface area contributed by atoms with Crippen LogP contribution < -0.4 is 5.56 Å². The van der Waals surface area contributed by atoms with Crippen molar-refractivity contribution in [2.75, 3.05) is 0 Å². The summed E-state index contributed by atoms with van der Waals surface area (Å²) >= 11 is 7.24. The quantitative estimate of drug-likeness (QED) is 0.464. The number of carbonyl (C=O) groups excluding carboxylic acids is 1. The van der Waals surface area contributed by atoms with E-state index >= 15 is 0 Å². The molecule has 0 atom stereocenters. The lowest BCUT2D eigenvalue weighted by Crippen LogP contribution is -2.24. The molecule has 0 saturated heterocycles. The maximum Gasteiger partial charge on any atom is 0.271 e. The summed E-state index contributed by atoms with van der Waals surface area (Å²) in [6, 6.07) is 14.4. The zero-order chi connectivity index (χ0) is 19.0. The standard InChI is InChI=1S/C20H12ClFN2O2S/c21-14-5-1-13(2-6-14)18-9-16-19(27-18)20(26)24(11-23-16)10-17(25)12-3-7-15(22)8-4-12/h1-9,11H,10H2. The lowest BCUT2D eigenvalue weighted by atomic mass is 10.1. The van der Waals surface area contributed by atoms with Crippen molar-refractivity contribution < 1.29 is 9.18 Å². The van der Waals surface area contributed by atoms with Gasteiger partial charge in [0.25, 0.3) is 5.56 Å². The molecule has 2 aromatic heterocycles. The van der Waals surface area contributed by atoms with Crippen LogP contribution in [0.3, 0.4) is 0 Å². The van der Waals surface area contributed by atoms with E-state index in [4.69, 9.17) is 11.6 Å². The Balaban J connectivity index is 1.67. The average molecular weight is 399 g/mol. The second kappa shape index (κ2) is 7.06. The molecular formula is C20H12ClFN2O2S. The number of Topliss-reactive ketones (excluding diaryl/α,β-unsaturated/α-hetero) is 1. The summed E-state index contributed by atoms with van der Waals surface area (Å²) < 4.78 is 14.8. The van der Waals surface area contributed by atoms with Crippen LogP contribution in [0.2, 0.25) is 5.02 Å². The SMILES string of the molecule is O=C(Cn1cnc2cc(-c3ccc(Cl)cc3)sc2c1=O)c1ccc(F)cc1. The summed E-state index contributed by atoms with van der Waals surface area (Å²) in [4.78, 5) is 30.3. The minimum Gasteiger partial charge on any atom is -0.292 e. The first-order valence-electron chi connectivity index (χ1n) is 8.05. The van der Waals surface area contributed by atoms with Gasteiger partial charge in [0.15, 0.2) is 5.78 Å². The second-order valence-corrected chi connectivity index (χ2v) is 7.43. The first kappa shape index (κ1) is 17.6. The number of hydrogen-bond donors (Lipinski definition) is 0. The molecule has 0 fully saturated rings. The number of aromatic nitrogens is 2. The maximum atomic E-state index is 13.0. The minimum absolute atomic E-state index is 0.151. The van der Waals surface area contributed by atoms with Crippen LogP contribution in [0, 0.1) is 5.82 Å². The minimum atomic E-state index is -0.417. The number of halogens is 2. The molecule has 7 heteroatoms. The Morgan fingerprint density at radius 3 is 2.52 bits per heavy atom. The molecule has 0 N–H and O–H groups in total. The monoisotopic (exact) mass is 398 g/mol. The number of carbonyl (C=O) groups is 1. The molecule has 0 bridgehead atoms. The van der Waals surface area contributed by atoms with Crippen LogP contribution in [0.15, 0.2) is 65.7 Å². The van der Waals surface area contributed by atoms with Crippen LogP contribution in [0.4, 0.5) is 4.39 Å². The van der Waals surface area contributed by atoms with Crippen molar-refractivity contribution in [2.24, 2.45) is 0 Å². The zero-order valence-electron chi connectivity index (χ0n) is 13.9. The number of rotatable bonds is 4. The van der Waals surface area contributed by atoms with Crippen molar-refractivity contribution in [3.8, 4) is 10.4 Å². The van der Waals surface area contributed by atoms with Gasteiger partial charge in [0, 0.05) is 15.5 Å². The predicted molar refractivity (Wildman–Crippen MR) is 105 cm³/mol. The topological polar surface area (TPSA) is 52.0 Å². The summed E-state index contributed by atoms with van der Waals surface area (Å²) in [7, 11) is 0. The molecule has 0 aliphatic rings. The largest absolute Gasteiger partial charge is 0.292 e. The third kappa shape index (κ3) is 3.54. The van der Waals surface area contributed by atoms with Crippen molar-refractivity contribution in [2.45, 2.75) is 6.54 Å². The van der Waals surface area contributed by atoms with Gasteiger partial charge in [0.05, 0.1) is 18.4 Å². The van der Waals surface area contributed by atoms with Crippen LogP contribution in [0.5, 0.6) is 0 Å². The van der Waals surface area contributed by atoms with Gasteiger partial charge in [0.2, 0.25) is 0 Å². The lowest BCUT2D eigenvalue weighted by molar-refractivity contribution is 0.0970. The molecule has 4 nitrogen and oxygen atoms in total. The van der Waals surface area contributed by atoms with E-state index in [0.29, 0.717) is 20.8 Å². The van der Waals surface area contributed by atoms with Gasteiger partial charge in [-0.25, -0.2) is 9.37 Å². The van der Waals surface area contributed by atoms with E-state index in [1.807, 2.05) is 18.2 Å². The number of ketones is 1. The molecule has 27 heavy (non-hydrogen) atoms. The third-order valence-corrected chi connectivity index (χ3v) is 5.53. The molecule has 0 amide bonds. The Morgan fingerprint density at radius 1 is 1.11 bits per heavy atom. The van der Waals surface area contributed by atoms with E-state index in [0.717, 1.165) is 10.4 Å². The van der Waals surface area contributed by atoms with Gasteiger partial charge in [-0.05, 0) is 48.0 Å². The number of nitrogens with zero attached hydrogens (tertiary/aromatic N) is 2. The van der Waals surface area contributed by atoms with Crippen LogP contribution in [-0.4, -0.2) is 15.3 Å². The van der Waals surface area contributed by atoms with Gasteiger partial charge in [-0.2, -0.15) is 0 Å². The fourth-order valence-corrected chi connectivity index (χ4v) is 3.89. The summed E-state index contributed by atoms with van der Waals surface area (Å²) in [6.45, 7) is -0.151. The fourth-order valence-electron chi connectivity index (χ4n) is 2.70. The molecule has 0 aliphatic heterocycles. The maximum absolute atomic E-state index is 13.0. The highest BCUT2D eigenvalue weighted by Gasteiger charge is 2.13. The van der Waals surface area contributed by atoms with E-state index in [1.54, 1.807) is 12.1 Å². The van der Waals surface area contributed by atoms with E-state index in [1.165, 1.54) is 46.5 Å². The van der Waals surface area contributed by atoms with E-state index in [9.17, 15) is 14.0 Å². The molecule has 4 rings (SSSR count). The van der Waals surface area contributed by atoms with Gasteiger partial charge in [-0.1, -0.05) is 23.7 Å². The van der Waals surface area contributed by atoms with Gasteiger partial charge < -0.3 is 0 Å². The van der Waals surface area contributed by atoms with E-state index in [2.05, 4.69) is 4.98 Å². The molecular weight excluding hydrogens is 387 g/mol. The normalized spacial score (nSPS) is 11.0. The van der Waals surface area contributed by atoms with Crippen molar-refractivity contribution in [1.82, 2.24) is 9.55 Å². The molecule has 0 aliphatic carbocycles. The zero-order valence-corrected chi connectivity index (χ0v) is 15.4. The molecule has 0 spiro atoms. The van der Waals surface area contributed by atoms with Gasteiger partial charge in [-0.3, -0.25) is 14.2 Å². The summed E-state index contributed by atoms with van der Waals surface area (Å²) in [5.41, 5.74) is 1.59. The second-order valence-electron chi connectivity index (χ2n) is 5.94. The molecule has 0 radical (unpaired) electrons. The van der Waals surface area contributed by atoms with Crippen molar-refractivity contribution >= 4 is 38.9 Å². The Bertz CT molecular complexity index is 1200. The average Bonchev–Trinajstić information content (AvgIpc) is 3.10. The molecule has 2 aromatic carbocycles. The van der Waals surface area contributed by atoms with Crippen LogP contribution in [-0.2, 0) is 6.54 Å². The van der Waals surface area contributed by atoms with Crippen LogP contribution in [0.1, 0.15) is 10.4 Å². The predicted octanol–water partition coefficient (Wildman–Crippen LogP) is 4.80. The first-order valence-corrected chi connectivity index (χ1v) is 9.24. The van der Waals surface area contributed by atoms with Gasteiger partial charge in [-0.15, -0.1) is 11.3 Å². The summed E-state index contributed by atoms with van der Waals surface area (Å²) in [6.07, 6.45) is 1.37. The van der Waals surface area contributed by atoms with Crippen molar-refractivity contribution in [3.63, 3.8) is 0 Å². The number of benzene rings is 2.